The van der Waals surface area contributed by atoms with Gasteiger partial charge in [0.2, 0.25) is 5.91 Å². The standard InChI is InChI=1S/C27H35N3O5S/c1-2-3-7-23(14-19-36(33,34)24-8-5-4-6-9-24)29-26(31)25(28)20-21-10-12-22(13-11-21)27(32)30-15-17-35-18-16-30/h4-6,8-14,19,23,25H,2-3,7,15-18,20,28H2,1H3,(H,29,31)/b19-14+/t23-,25-/m0/s1. The predicted molar refractivity (Wildman–Crippen MR) is 139 cm³/mol. The molecular formula is C27H35N3O5S. The first-order chi connectivity index (χ1) is 17.3. The summed E-state index contributed by atoms with van der Waals surface area (Å²) in [7, 11) is -3.61. The Balaban J connectivity index is 1.59. The van der Waals surface area contributed by atoms with Crippen LogP contribution in [0.3, 0.4) is 0 Å². The molecule has 0 aromatic heterocycles. The van der Waals surface area contributed by atoms with Gasteiger partial charge in [-0.05, 0) is 42.7 Å². The van der Waals surface area contributed by atoms with Gasteiger partial charge in [0.25, 0.3) is 5.91 Å². The van der Waals surface area contributed by atoms with Crippen molar-refractivity contribution < 1.29 is 22.7 Å². The van der Waals surface area contributed by atoms with Crippen LogP contribution < -0.4 is 11.1 Å². The number of nitrogens with one attached hydrogen (secondary N) is 1. The lowest BCUT2D eigenvalue weighted by atomic mass is 10.0. The maximum absolute atomic E-state index is 12.8. The van der Waals surface area contributed by atoms with E-state index in [1.165, 1.54) is 18.2 Å². The van der Waals surface area contributed by atoms with Gasteiger partial charge in [0.1, 0.15) is 0 Å². The Morgan fingerprint density at radius 3 is 2.39 bits per heavy atom. The Labute approximate surface area is 213 Å². The van der Waals surface area contributed by atoms with Crippen LogP contribution in [0, 0.1) is 0 Å². The molecule has 1 aliphatic rings. The second kappa shape index (κ2) is 13.3. The quantitative estimate of drug-likeness (QED) is 0.477. The molecule has 0 saturated carbocycles. The van der Waals surface area contributed by atoms with E-state index < -0.39 is 21.9 Å². The van der Waals surface area contributed by atoms with Crippen LogP contribution in [-0.2, 0) is 25.8 Å². The van der Waals surface area contributed by atoms with Crippen molar-refractivity contribution in [2.45, 2.75) is 49.6 Å². The summed E-state index contributed by atoms with van der Waals surface area (Å²) in [5.74, 6) is -0.394. The lowest BCUT2D eigenvalue weighted by Crippen LogP contribution is -2.46. The van der Waals surface area contributed by atoms with Crippen molar-refractivity contribution in [1.82, 2.24) is 10.2 Å². The molecule has 0 bridgehead atoms. The largest absolute Gasteiger partial charge is 0.378 e. The maximum atomic E-state index is 12.8. The van der Waals surface area contributed by atoms with Crippen LogP contribution in [0.4, 0.5) is 0 Å². The molecule has 1 fully saturated rings. The molecule has 0 spiro atoms. The zero-order valence-electron chi connectivity index (χ0n) is 20.6. The lowest BCUT2D eigenvalue weighted by Gasteiger charge is -2.26. The van der Waals surface area contributed by atoms with Gasteiger partial charge in [0, 0.05) is 30.1 Å². The van der Waals surface area contributed by atoms with Gasteiger partial charge in [-0.15, -0.1) is 0 Å². The average molecular weight is 514 g/mol. The summed E-state index contributed by atoms with van der Waals surface area (Å²) in [5, 5.41) is 4.03. The minimum atomic E-state index is -3.61. The minimum absolute atomic E-state index is 0.0390. The molecule has 194 valence electrons. The van der Waals surface area contributed by atoms with Crippen LogP contribution in [-0.4, -0.2) is 63.5 Å². The van der Waals surface area contributed by atoms with Crippen LogP contribution in [0.25, 0.3) is 0 Å². The summed E-state index contributed by atoms with van der Waals surface area (Å²) in [6, 6.07) is 14.0. The summed E-state index contributed by atoms with van der Waals surface area (Å²) < 4.78 is 30.5. The van der Waals surface area contributed by atoms with Gasteiger partial charge < -0.3 is 20.7 Å². The smallest absolute Gasteiger partial charge is 0.254 e. The average Bonchev–Trinajstić information content (AvgIpc) is 2.91. The molecule has 0 unspecified atom stereocenters. The van der Waals surface area contributed by atoms with Gasteiger partial charge in [-0.3, -0.25) is 9.59 Å². The van der Waals surface area contributed by atoms with Crippen molar-refractivity contribution in [2.24, 2.45) is 5.73 Å². The minimum Gasteiger partial charge on any atom is -0.378 e. The molecule has 3 N–H and O–H groups in total. The molecule has 2 aromatic carbocycles. The molecular weight excluding hydrogens is 478 g/mol. The number of rotatable bonds is 11. The van der Waals surface area contributed by atoms with Crippen LogP contribution in [0.1, 0.15) is 42.1 Å². The number of carbonyl (C=O) groups excluding carboxylic acids is 2. The Hall–Kier alpha value is -3.01. The Kier molecular flexibility index (Phi) is 10.2. The number of morpholine rings is 1. The van der Waals surface area contributed by atoms with E-state index in [1.54, 1.807) is 35.2 Å². The number of nitrogens with zero attached hydrogens (tertiary/aromatic N) is 1. The molecule has 2 atom stereocenters. The highest BCUT2D eigenvalue weighted by Crippen LogP contribution is 2.14. The molecule has 1 heterocycles. The van der Waals surface area contributed by atoms with E-state index in [1.807, 2.05) is 19.1 Å². The fourth-order valence-corrected chi connectivity index (χ4v) is 4.99. The van der Waals surface area contributed by atoms with Crippen LogP contribution in [0.15, 0.2) is 71.0 Å². The van der Waals surface area contributed by atoms with Gasteiger partial charge in [0.05, 0.1) is 24.2 Å². The zero-order chi connectivity index (χ0) is 26.0. The number of hydrogen-bond donors (Lipinski definition) is 2. The molecule has 0 radical (unpaired) electrons. The van der Waals surface area contributed by atoms with Gasteiger partial charge in [-0.2, -0.15) is 0 Å². The first kappa shape index (κ1) is 27.6. The van der Waals surface area contributed by atoms with Crippen molar-refractivity contribution in [3.8, 4) is 0 Å². The number of benzene rings is 2. The number of unbranched alkanes of at least 4 members (excludes halogenated alkanes) is 1. The summed E-state index contributed by atoms with van der Waals surface area (Å²) in [4.78, 5) is 27.4. The van der Waals surface area contributed by atoms with E-state index in [-0.39, 0.29) is 16.7 Å². The number of ether oxygens (including phenoxy) is 1. The zero-order valence-corrected chi connectivity index (χ0v) is 21.5. The number of hydrogen-bond acceptors (Lipinski definition) is 6. The predicted octanol–water partition coefficient (Wildman–Crippen LogP) is 2.69. The monoisotopic (exact) mass is 513 g/mol. The van der Waals surface area contributed by atoms with Crippen LogP contribution >= 0.6 is 0 Å². The topological polar surface area (TPSA) is 119 Å². The van der Waals surface area contributed by atoms with Gasteiger partial charge in [0.15, 0.2) is 9.84 Å². The highest BCUT2D eigenvalue weighted by atomic mass is 32.2. The Morgan fingerprint density at radius 1 is 1.08 bits per heavy atom. The molecule has 9 heteroatoms. The second-order valence-corrected chi connectivity index (χ2v) is 10.7. The molecule has 1 saturated heterocycles. The van der Waals surface area contributed by atoms with Crippen molar-refractivity contribution >= 4 is 21.7 Å². The van der Waals surface area contributed by atoms with E-state index in [2.05, 4.69) is 5.32 Å². The number of carbonyl (C=O) groups is 2. The SMILES string of the molecule is CCCC[C@@H](/C=C/S(=O)(=O)c1ccccc1)NC(=O)[C@@H](N)Cc1ccc(C(=O)N2CCOCC2)cc1. The Bertz CT molecular complexity index is 1130. The van der Waals surface area contributed by atoms with Crippen molar-refractivity contribution in [3.05, 3.63) is 77.2 Å². The normalized spacial score (nSPS) is 16.0. The summed E-state index contributed by atoms with van der Waals surface area (Å²) in [6.45, 7) is 4.27. The fraction of sp³-hybridized carbons (Fsp3) is 0.407. The molecule has 0 aliphatic carbocycles. The fourth-order valence-electron chi connectivity index (χ4n) is 3.90. The second-order valence-electron chi connectivity index (χ2n) is 8.86. The first-order valence-electron chi connectivity index (χ1n) is 12.3. The molecule has 2 aromatic rings. The van der Waals surface area contributed by atoms with Crippen LogP contribution in [0.5, 0.6) is 0 Å². The van der Waals surface area contributed by atoms with Crippen molar-refractivity contribution in [3.63, 3.8) is 0 Å². The molecule has 36 heavy (non-hydrogen) atoms. The summed E-state index contributed by atoms with van der Waals surface area (Å²) in [6.07, 6.45) is 4.16. The third-order valence-electron chi connectivity index (χ3n) is 6.05. The van der Waals surface area contributed by atoms with Crippen molar-refractivity contribution in [2.75, 3.05) is 26.3 Å². The van der Waals surface area contributed by atoms with Gasteiger partial charge in [-0.25, -0.2) is 8.42 Å². The van der Waals surface area contributed by atoms with E-state index in [0.717, 1.165) is 23.8 Å². The third kappa shape index (κ3) is 8.01. The van der Waals surface area contributed by atoms with Crippen molar-refractivity contribution in [1.29, 1.82) is 0 Å². The van der Waals surface area contributed by atoms with E-state index >= 15 is 0 Å². The molecule has 1 aliphatic heterocycles. The van der Waals surface area contributed by atoms with E-state index in [9.17, 15) is 18.0 Å². The van der Waals surface area contributed by atoms with E-state index in [0.29, 0.717) is 44.7 Å². The summed E-state index contributed by atoms with van der Waals surface area (Å²) in [5.41, 5.74) is 7.59. The van der Waals surface area contributed by atoms with Gasteiger partial charge >= 0.3 is 0 Å². The highest BCUT2D eigenvalue weighted by molar-refractivity contribution is 7.94. The number of sulfone groups is 1. The Morgan fingerprint density at radius 2 is 1.75 bits per heavy atom. The maximum Gasteiger partial charge on any atom is 0.254 e. The number of amides is 2. The van der Waals surface area contributed by atoms with Crippen LogP contribution in [0.2, 0.25) is 0 Å². The van der Waals surface area contributed by atoms with Gasteiger partial charge in [-0.1, -0.05) is 56.2 Å². The first-order valence-corrected chi connectivity index (χ1v) is 13.8. The molecule has 3 rings (SSSR count). The lowest BCUT2D eigenvalue weighted by molar-refractivity contribution is -0.122. The van der Waals surface area contributed by atoms with E-state index in [4.69, 9.17) is 10.5 Å². The molecule has 8 nitrogen and oxygen atoms in total. The summed E-state index contributed by atoms with van der Waals surface area (Å²) >= 11 is 0. The molecule has 2 amide bonds. The number of nitrogens with two attached hydrogens (primary N) is 1. The third-order valence-corrected chi connectivity index (χ3v) is 7.49. The highest BCUT2D eigenvalue weighted by Gasteiger charge is 2.20.